The molecule has 0 aliphatic carbocycles. The van der Waals surface area contributed by atoms with Crippen LogP contribution in [0.2, 0.25) is 0 Å². The molecule has 1 aromatic carbocycles. The Balaban J connectivity index is 2.03. The third-order valence-electron chi connectivity index (χ3n) is 3.40. The summed E-state index contributed by atoms with van der Waals surface area (Å²) in [4.78, 5) is 0. The number of phenolic OH excluding ortho intramolecular Hbond substituents is 2. The second-order valence-electron chi connectivity index (χ2n) is 4.59. The highest BCUT2D eigenvalue weighted by molar-refractivity contribution is 5.87. The van der Waals surface area contributed by atoms with Crippen molar-refractivity contribution in [2.75, 3.05) is 6.61 Å². The molecular weight excluding hydrogens is 234 g/mol. The topological polar surface area (TPSA) is 74.9 Å². The molecule has 1 saturated heterocycles. The highest BCUT2D eigenvalue weighted by Gasteiger charge is 2.26. The van der Waals surface area contributed by atoms with E-state index in [1.807, 2.05) is 10.8 Å². The number of benzene rings is 1. The van der Waals surface area contributed by atoms with Gasteiger partial charge in [0, 0.05) is 23.7 Å². The molecule has 3 N–H and O–H groups in total. The van der Waals surface area contributed by atoms with Crippen molar-refractivity contribution in [3.63, 3.8) is 0 Å². The van der Waals surface area contributed by atoms with Gasteiger partial charge in [-0.25, -0.2) is 0 Å². The van der Waals surface area contributed by atoms with Crippen molar-refractivity contribution in [3.05, 3.63) is 24.4 Å². The monoisotopic (exact) mass is 249 g/mol. The average molecular weight is 249 g/mol. The summed E-state index contributed by atoms with van der Waals surface area (Å²) >= 11 is 0. The maximum atomic E-state index is 9.75. The molecule has 1 fully saturated rings. The van der Waals surface area contributed by atoms with Crippen molar-refractivity contribution >= 4 is 10.9 Å². The van der Waals surface area contributed by atoms with E-state index >= 15 is 0 Å². The Kier molecular flexibility index (Phi) is 2.65. The van der Waals surface area contributed by atoms with Gasteiger partial charge in [-0.05, 0) is 18.9 Å². The van der Waals surface area contributed by atoms with Gasteiger partial charge in [0.05, 0.1) is 18.2 Å². The van der Waals surface area contributed by atoms with Gasteiger partial charge in [-0.15, -0.1) is 0 Å². The Morgan fingerprint density at radius 2 is 2.11 bits per heavy atom. The fraction of sp³-hybridized carbons (Fsp3) is 0.385. The fourth-order valence-corrected chi connectivity index (χ4v) is 2.50. The number of rotatable bonds is 2. The number of phenols is 2. The van der Waals surface area contributed by atoms with E-state index in [-0.39, 0.29) is 30.4 Å². The lowest BCUT2D eigenvalue weighted by atomic mass is 10.2. The van der Waals surface area contributed by atoms with E-state index in [9.17, 15) is 10.2 Å². The Hall–Kier alpha value is -1.72. The smallest absolute Gasteiger partial charge is 0.134 e. The molecule has 2 atom stereocenters. The predicted molar refractivity (Wildman–Crippen MR) is 65.5 cm³/mol. The number of aliphatic hydroxyl groups excluding tert-OH is 1. The van der Waals surface area contributed by atoms with Crippen molar-refractivity contribution in [3.8, 4) is 11.5 Å². The van der Waals surface area contributed by atoms with E-state index in [0.29, 0.717) is 5.39 Å². The van der Waals surface area contributed by atoms with Crippen molar-refractivity contribution < 1.29 is 20.1 Å². The zero-order valence-electron chi connectivity index (χ0n) is 9.78. The molecule has 0 spiro atoms. The second-order valence-corrected chi connectivity index (χ2v) is 4.59. The summed E-state index contributed by atoms with van der Waals surface area (Å²) in [5.41, 5.74) is 0.732. The maximum absolute atomic E-state index is 9.75. The van der Waals surface area contributed by atoms with Gasteiger partial charge in [-0.3, -0.25) is 0 Å². The molecule has 0 radical (unpaired) electrons. The van der Waals surface area contributed by atoms with E-state index in [1.54, 1.807) is 12.1 Å². The van der Waals surface area contributed by atoms with Crippen LogP contribution in [-0.4, -0.2) is 32.6 Å². The van der Waals surface area contributed by atoms with Crippen LogP contribution in [0.4, 0.5) is 0 Å². The lowest BCUT2D eigenvalue weighted by Gasteiger charge is -2.15. The van der Waals surface area contributed by atoms with Crippen LogP contribution in [0.15, 0.2) is 24.4 Å². The Morgan fingerprint density at radius 3 is 2.83 bits per heavy atom. The molecule has 18 heavy (non-hydrogen) atoms. The molecule has 0 saturated carbocycles. The number of hydrogen-bond donors (Lipinski definition) is 3. The van der Waals surface area contributed by atoms with Crippen molar-refractivity contribution in [1.82, 2.24) is 4.57 Å². The lowest BCUT2D eigenvalue weighted by Crippen LogP contribution is -2.13. The fourth-order valence-electron chi connectivity index (χ4n) is 2.50. The SMILES string of the molecule is OC[C@@H]1CC[C@@H](n2ccc3c(O)cc(O)cc32)O1. The molecule has 2 heterocycles. The Bertz CT molecular complexity index is 578. The summed E-state index contributed by atoms with van der Waals surface area (Å²) in [7, 11) is 0. The minimum absolute atomic E-state index is 0.0200. The third kappa shape index (κ3) is 1.72. The van der Waals surface area contributed by atoms with Crippen LogP contribution in [0.3, 0.4) is 0 Å². The average Bonchev–Trinajstić information content (AvgIpc) is 2.93. The number of nitrogens with zero attached hydrogens (tertiary/aromatic N) is 1. The van der Waals surface area contributed by atoms with Crippen molar-refractivity contribution in [1.29, 1.82) is 0 Å². The van der Waals surface area contributed by atoms with E-state index in [0.717, 1.165) is 18.4 Å². The highest BCUT2D eigenvalue weighted by Crippen LogP contribution is 2.36. The summed E-state index contributed by atoms with van der Waals surface area (Å²) in [6.07, 6.45) is 3.17. The van der Waals surface area contributed by atoms with Gasteiger partial charge < -0.3 is 24.6 Å². The van der Waals surface area contributed by atoms with E-state index in [1.165, 1.54) is 6.07 Å². The first-order valence-electron chi connectivity index (χ1n) is 5.98. The van der Waals surface area contributed by atoms with Crippen LogP contribution < -0.4 is 0 Å². The molecular formula is C13H15NO4. The Labute approximate surface area is 104 Å². The molecule has 96 valence electrons. The van der Waals surface area contributed by atoms with E-state index in [4.69, 9.17) is 9.84 Å². The quantitative estimate of drug-likeness (QED) is 0.757. The minimum atomic E-state index is -0.152. The molecule has 1 aliphatic rings. The summed E-state index contributed by atoms with van der Waals surface area (Å²) in [6.45, 7) is 0.0200. The highest BCUT2D eigenvalue weighted by atomic mass is 16.5. The van der Waals surface area contributed by atoms with Gasteiger partial charge in [0.25, 0.3) is 0 Å². The number of fused-ring (bicyclic) bond motifs is 1. The van der Waals surface area contributed by atoms with Crippen LogP contribution in [0.5, 0.6) is 11.5 Å². The number of aromatic hydroxyl groups is 2. The predicted octanol–water partition coefficient (Wildman–Crippen LogP) is 1.72. The number of hydrogen-bond acceptors (Lipinski definition) is 4. The summed E-state index contributed by atoms with van der Waals surface area (Å²) in [5.74, 6) is 0.0807. The molecule has 3 rings (SSSR count). The lowest BCUT2D eigenvalue weighted by molar-refractivity contribution is -0.0202. The summed E-state index contributed by atoms with van der Waals surface area (Å²) in [5, 5.41) is 29.0. The normalized spacial score (nSPS) is 23.8. The van der Waals surface area contributed by atoms with E-state index < -0.39 is 0 Å². The Morgan fingerprint density at radius 1 is 1.28 bits per heavy atom. The van der Waals surface area contributed by atoms with Crippen LogP contribution in [-0.2, 0) is 4.74 Å². The first-order valence-corrected chi connectivity index (χ1v) is 5.98. The third-order valence-corrected chi connectivity index (χ3v) is 3.40. The second kappa shape index (κ2) is 4.19. The molecule has 0 bridgehead atoms. The van der Waals surface area contributed by atoms with Crippen LogP contribution >= 0.6 is 0 Å². The molecule has 1 aromatic heterocycles. The van der Waals surface area contributed by atoms with Crippen LogP contribution in [0.1, 0.15) is 19.1 Å². The van der Waals surface area contributed by atoms with E-state index in [2.05, 4.69) is 0 Å². The van der Waals surface area contributed by atoms with Gasteiger partial charge >= 0.3 is 0 Å². The van der Waals surface area contributed by atoms with Crippen LogP contribution in [0, 0.1) is 0 Å². The molecule has 5 nitrogen and oxygen atoms in total. The molecule has 0 amide bonds. The van der Waals surface area contributed by atoms with Crippen LogP contribution in [0.25, 0.3) is 10.9 Å². The van der Waals surface area contributed by atoms with Gasteiger partial charge in [-0.1, -0.05) is 0 Å². The first kappa shape index (κ1) is 11.4. The zero-order valence-corrected chi connectivity index (χ0v) is 9.78. The summed E-state index contributed by atoms with van der Waals surface area (Å²) < 4.78 is 7.57. The standard InChI is InChI=1S/C13H15NO4/c15-7-9-1-2-13(18-9)14-4-3-10-11(14)5-8(16)6-12(10)17/h3-6,9,13,15-17H,1-2,7H2/t9-,13-/m0/s1. The number of aromatic nitrogens is 1. The minimum Gasteiger partial charge on any atom is -0.508 e. The van der Waals surface area contributed by atoms with Gasteiger partial charge in [0.1, 0.15) is 17.7 Å². The van der Waals surface area contributed by atoms with Crippen molar-refractivity contribution in [2.45, 2.75) is 25.2 Å². The number of aliphatic hydroxyl groups is 1. The molecule has 1 aliphatic heterocycles. The van der Waals surface area contributed by atoms with Crippen molar-refractivity contribution in [2.24, 2.45) is 0 Å². The maximum Gasteiger partial charge on any atom is 0.134 e. The molecule has 5 heteroatoms. The molecule has 0 unspecified atom stereocenters. The summed E-state index contributed by atoms with van der Waals surface area (Å²) in [6, 6.07) is 4.71. The van der Waals surface area contributed by atoms with Gasteiger partial charge in [0.15, 0.2) is 0 Å². The largest absolute Gasteiger partial charge is 0.508 e. The van der Waals surface area contributed by atoms with Gasteiger partial charge in [-0.2, -0.15) is 0 Å². The zero-order chi connectivity index (χ0) is 12.7. The first-order chi connectivity index (χ1) is 8.69. The molecule has 2 aromatic rings. The number of ether oxygens (including phenoxy) is 1. The van der Waals surface area contributed by atoms with Gasteiger partial charge in [0.2, 0.25) is 0 Å².